The fourth-order valence-corrected chi connectivity index (χ4v) is 3.85. The molecule has 0 spiro atoms. The summed E-state index contributed by atoms with van der Waals surface area (Å²) < 4.78 is 10.9. The van der Waals surface area contributed by atoms with Crippen molar-refractivity contribution in [1.82, 2.24) is 4.98 Å². The van der Waals surface area contributed by atoms with E-state index >= 15 is 0 Å². The van der Waals surface area contributed by atoms with Gasteiger partial charge >= 0.3 is 5.97 Å². The largest absolute Gasteiger partial charge is 0.489 e. The van der Waals surface area contributed by atoms with Crippen LogP contribution in [-0.2, 0) is 4.74 Å². The van der Waals surface area contributed by atoms with Crippen LogP contribution >= 0.6 is 11.8 Å². The van der Waals surface area contributed by atoms with Crippen LogP contribution in [0.15, 0.2) is 95.5 Å². The number of thioether (sulfide) groups is 1. The van der Waals surface area contributed by atoms with Crippen LogP contribution in [0.4, 0.5) is 5.69 Å². The second kappa shape index (κ2) is 11.4. The average molecular weight is 471 g/mol. The van der Waals surface area contributed by atoms with E-state index in [4.69, 9.17) is 9.47 Å². The first-order valence-electron chi connectivity index (χ1n) is 10.9. The van der Waals surface area contributed by atoms with Crippen LogP contribution in [0.3, 0.4) is 0 Å². The van der Waals surface area contributed by atoms with Crippen molar-refractivity contribution >= 4 is 40.4 Å². The zero-order valence-corrected chi connectivity index (χ0v) is 20.0. The van der Waals surface area contributed by atoms with Crippen molar-refractivity contribution in [1.29, 1.82) is 0 Å². The van der Waals surface area contributed by atoms with E-state index in [0.29, 0.717) is 18.7 Å². The van der Waals surface area contributed by atoms with Crippen molar-refractivity contribution in [3.63, 3.8) is 0 Å². The fraction of sp³-hybridized carbons (Fsp3) is 0.143. The van der Waals surface area contributed by atoms with Gasteiger partial charge in [0, 0.05) is 16.8 Å². The normalized spacial score (nSPS) is 11.3. The SMILES string of the molecule is COC(=O)c1ccc(C=C(CNc2cnc3ccccc3c2)COc2ccc(SC)cc2)cc1. The summed E-state index contributed by atoms with van der Waals surface area (Å²) in [6, 6.07) is 25.5. The lowest BCUT2D eigenvalue weighted by Crippen LogP contribution is -2.12. The highest BCUT2D eigenvalue weighted by Crippen LogP contribution is 2.21. The van der Waals surface area contributed by atoms with E-state index in [9.17, 15) is 4.79 Å². The number of benzene rings is 3. The number of hydrogen-bond donors (Lipinski definition) is 1. The average Bonchev–Trinajstić information content (AvgIpc) is 2.90. The lowest BCUT2D eigenvalue weighted by molar-refractivity contribution is 0.0600. The van der Waals surface area contributed by atoms with E-state index in [1.807, 2.05) is 60.8 Å². The van der Waals surface area contributed by atoms with Crippen LogP contribution < -0.4 is 10.1 Å². The topological polar surface area (TPSA) is 60.5 Å². The minimum absolute atomic E-state index is 0.349. The van der Waals surface area contributed by atoms with Crippen LogP contribution in [0.25, 0.3) is 17.0 Å². The van der Waals surface area contributed by atoms with Crippen LogP contribution in [0, 0.1) is 0 Å². The number of anilines is 1. The van der Waals surface area contributed by atoms with Gasteiger partial charge < -0.3 is 14.8 Å². The minimum Gasteiger partial charge on any atom is -0.489 e. The van der Waals surface area contributed by atoms with E-state index in [1.165, 1.54) is 12.0 Å². The maximum atomic E-state index is 11.7. The Bertz CT molecular complexity index is 1290. The molecule has 1 heterocycles. The summed E-state index contributed by atoms with van der Waals surface area (Å²) in [5, 5.41) is 4.55. The highest BCUT2D eigenvalue weighted by atomic mass is 32.2. The number of carbonyl (C=O) groups is 1. The number of aromatic nitrogens is 1. The van der Waals surface area contributed by atoms with E-state index in [2.05, 4.69) is 34.8 Å². The molecule has 0 fully saturated rings. The molecule has 0 aliphatic rings. The van der Waals surface area contributed by atoms with Crippen molar-refractivity contribution in [3.05, 3.63) is 102 Å². The molecule has 0 aliphatic carbocycles. The summed E-state index contributed by atoms with van der Waals surface area (Å²) in [7, 11) is 1.38. The Kier molecular flexibility index (Phi) is 7.83. The third-order valence-corrected chi connectivity index (χ3v) is 6.04. The summed E-state index contributed by atoms with van der Waals surface area (Å²) in [6.07, 6.45) is 5.96. The second-order valence-corrected chi connectivity index (χ2v) is 8.53. The van der Waals surface area contributed by atoms with Crippen molar-refractivity contribution in [2.45, 2.75) is 4.90 Å². The van der Waals surface area contributed by atoms with Crippen LogP contribution in [0.2, 0.25) is 0 Å². The number of fused-ring (bicyclic) bond motifs is 1. The number of nitrogens with one attached hydrogen (secondary N) is 1. The van der Waals surface area contributed by atoms with Gasteiger partial charge in [0.15, 0.2) is 0 Å². The predicted octanol–water partition coefficient (Wildman–Crippen LogP) is 6.32. The number of esters is 1. The lowest BCUT2D eigenvalue weighted by atomic mass is 10.1. The van der Waals surface area contributed by atoms with Gasteiger partial charge in [0.1, 0.15) is 12.4 Å². The molecular weight excluding hydrogens is 444 g/mol. The monoisotopic (exact) mass is 470 g/mol. The van der Waals surface area contributed by atoms with Gasteiger partial charge in [-0.3, -0.25) is 4.98 Å². The number of nitrogens with zero attached hydrogens (tertiary/aromatic N) is 1. The van der Waals surface area contributed by atoms with Crippen LogP contribution in [-0.4, -0.2) is 37.5 Å². The van der Waals surface area contributed by atoms with Gasteiger partial charge in [-0.25, -0.2) is 4.79 Å². The summed E-state index contributed by atoms with van der Waals surface area (Å²) in [5.74, 6) is 0.468. The molecule has 0 saturated carbocycles. The Morgan fingerprint density at radius 3 is 2.53 bits per heavy atom. The molecule has 3 aromatic carbocycles. The van der Waals surface area contributed by atoms with Gasteiger partial charge in [-0.05, 0) is 65.9 Å². The minimum atomic E-state index is -0.349. The molecule has 0 bridgehead atoms. The molecule has 0 atom stereocenters. The highest BCUT2D eigenvalue weighted by molar-refractivity contribution is 7.98. The number of hydrogen-bond acceptors (Lipinski definition) is 6. The van der Waals surface area contributed by atoms with Crippen molar-refractivity contribution in [2.75, 3.05) is 31.8 Å². The second-order valence-electron chi connectivity index (χ2n) is 7.65. The van der Waals surface area contributed by atoms with Crippen LogP contribution in [0.1, 0.15) is 15.9 Å². The number of pyridine rings is 1. The molecule has 1 N–H and O–H groups in total. The standard InChI is InChI=1S/C28H26N2O3S/c1-32-28(31)22-9-7-20(8-10-22)15-21(19-33-25-11-13-26(34-2)14-12-25)17-29-24-16-23-5-3-4-6-27(23)30-18-24/h3-16,18,29H,17,19H2,1-2H3. The predicted molar refractivity (Wildman–Crippen MR) is 140 cm³/mol. The van der Waals surface area contributed by atoms with Gasteiger partial charge in [-0.15, -0.1) is 11.8 Å². The first-order chi connectivity index (χ1) is 16.6. The Labute approximate surface area is 203 Å². The Balaban J connectivity index is 1.51. The van der Waals surface area contributed by atoms with Crippen LogP contribution in [0.5, 0.6) is 5.75 Å². The van der Waals surface area contributed by atoms with Crippen molar-refractivity contribution in [2.24, 2.45) is 0 Å². The Morgan fingerprint density at radius 2 is 1.79 bits per heavy atom. The smallest absolute Gasteiger partial charge is 0.337 e. The Hall–Kier alpha value is -3.77. The number of ether oxygens (including phenoxy) is 2. The molecular formula is C28H26N2O3S. The number of carbonyl (C=O) groups excluding carboxylic acids is 1. The first kappa shape index (κ1) is 23.4. The van der Waals surface area contributed by atoms with Gasteiger partial charge in [0.25, 0.3) is 0 Å². The third kappa shape index (κ3) is 6.17. The zero-order valence-electron chi connectivity index (χ0n) is 19.2. The molecule has 4 rings (SSSR count). The summed E-state index contributed by atoms with van der Waals surface area (Å²) in [6.45, 7) is 1.01. The Morgan fingerprint density at radius 1 is 1.03 bits per heavy atom. The molecule has 0 aliphatic heterocycles. The maximum absolute atomic E-state index is 11.7. The molecule has 4 aromatic rings. The molecule has 5 nitrogen and oxygen atoms in total. The molecule has 0 radical (unpaired) electrons. The van der Waals surface area contributed by atoms with Gasteiger partial charge in [-0.2, -0.15) is 0 Å². The van der Waals surface area contributed by atoms with E-state index in [-0.39, 0.29) is 5.97 Å². The fourth-order valence-electron chi connectivity index (χ4n) is 3.44. The van der Waals surface area contributed by atoms with E-state index in [0.717, 1.165) is 33.5 Å². The third-order valence-electron chi connectivity index (χ3n) is 5.30. The number of para-hydroxylation sites is 1. The molecule has 1 aromatic heterocycles. The van der Waals surface area contributed by atoms with Gasteiger partial charge in [-0.1, -0.05) is 36.4 Å². The molecule has 0 unspecified atom stereocenters. The molecule has 0 saturated heterocycles. The molecule has 172 valence electrons. The van der Waals surface area contributed by atoms with E-state index in [1.54, 1.807) is 23.9 Å². The molecule has 0 amide bonds. The lowest BCUT2D eigenvalue weighted by Gasteiger charge is -2.13. The van der Waals surface area contributed by atoms with Gasteiger partial charge in [0.2, 0.25) is 0 Å². The van der Waals surface area contributed by atoms with Crippen molar-refractivity contribution < 1.29 is 14.3 Å². The number of methoxy groups -OCH3 is 1. The molecule has 34 heavy (non-hydrogen) atoms. The van der Waals surface area contributed by atoms with Gasteiger partial charge in [0.05, 0.1) is 30.1 Å². The maximum Gasteiger partial charge on any atom is 0.337 e. The summed E-state index contributed by atoms with van der Waals surface area (Å²) in [4.78, 5) is 17.5. The summed E-state index contributed by atoms with van der Waals surface area (Å²) >= 11 is 1.70. The van der Waals surface area contributed by atoms with E-state index < -0.39 is 0 Å². The quantitative estimate of drug-likeness (QED) is 0.228. The molecule has 6 heteroatoms. The zero-order chi connectivity index (χ0) is 23.8. The number of rotatable bonds is 9. The summed E-state index contributed by atoms with van der Waals surface area (Å²) in [5.41, 5.74) is 4.45. The first-order valence-corrected chi connectivity index (χ1v) is 12.1. The highest BCUT2D eigenvalue weighted by Gasteiger charge is 2.06. The van der Waals surface area contributed by atoms with Crippen molar-refractivity contribution in [3.8, 4) is 5.75 Å².